The van der Waals surface area contributed by atoms with Crippen LogP contribution in [0.25, 0.3) is 5.69 Å². The van der Waals surface area contributed by atoms with Crippen LogP contribution in [0.5, 0.6) is 0 Å². The van der Waals surface area contributed by atoms with Crippen molar-refractivity contribution in [3.05, 3.63) is 51.8 Å². The molecule has 0 saturated heterocycles. The van der Waals surface area contributed by atoms with Gasteiger partial charge in [-0.1, -0.05) is 17.7 Å². The lowest BCUT2D eigenvalue weighted by Gasteiger charge is -2.22. The van der Waals surface area contributed by atoms with Crippen LogP contribution in [-0.2, 0) is 6.42 Å². The summed E-state index contributed by atoms with van der Waals surface area (Å²) in [7, 11) is 0. The summed E-state index contributed by atoms with van der Waals surface area (Å²) in [4.78, 5) is 0. The first-order chi connectivity index (χ1) is 9.09. The Morgan fingerprint density at radius 1 is 1.32 bits per heavy atom. The van der Waals surface area contributed by atoms with Crippen molar-refractivity contribution in [2.24, 2.45) is 5.73 Å². The highest BCUT2D eigenvalue weighted by atomic mass is 35.5. The van der Waals surface area contributed by atoms with E-state index in [9.17, 15) is 0 Å². The maximum absolute atomic E-state index is 6.26. The van der Waals surface area contributed by atoms with E-state index in [-0.39, 0.29) is 6.04 Å². The van der Waals surface area contributed by atoms with E-state index >= 15 is 0 Å². The molecule has 1 atom stereocenters. The third kappa shape index (κ3) is 1.99. The van der Waals surface area contributed by atoms with Gasteiger partial charge in [0.1, 0.15) is 0 Å². The second-order valence-corrected chi connectivity index (χ2v) is 5.81. The predicted octanol–water partition coefficient (Wildman–Crippen LogP) is 4.08. The van der Waals surface area contributed by atoms with Gasteiger partial charge in [-0.25, -0.2) is 0 Å². The second-order valence-electron chi connectivity index (χ2n) is 5.41. The van der Waals surface area contributed by atoms with Gasteiger partial charge < -0.3 is 10.3 Å². The van der Waals surface area contributed by atoms with Crippen LogP contribution in [0.4, 0.5) is 0 Å². The number of hydrogen-bond donors (Lipinski definition) is 1. The van der Waals surface area contributed by atoms with Gasteiger partial charge in [-0.2, -0.15) is 0 Å². The molecule has 0 amide bonds. The van der Waals surface area contributed by atoms with Crippen molar-refractivity contribution in [1.82, 2.24) is 4.57 Å². The Morgan fingerprint density at radius 2 is 2.11 bits per heavy atom. The second kappa shape index (κ2) is 4.69. The summed E-state index contributed by atoms with van der Waals surface area (Å²) in [5.74, 6) is 0. The molecule has 1 unspecified atom stereocenters. The summed E-state index contributed by atoms with van der Waals surface area (Å²) in [6.07, 6.45) is 3.35. The lowest BCUT2D eigenvalue weighted by atomic mass is 9.93. The number of benzene rings is 1. The molecular formula is C16H19ClN2. The molecule has 0 radical (unpaired) electrons. The highest BCUT2D eigenvalue weighted by Crippen LogP contribution is 2.34. The Labute approximate surface area is 119 Å². The molecule has 1 heterocycles. The molecule has 0 bridgehead atoms. The van der Waals surface area contributed by atoms with E-state index < -0.39 is 0 Å². The first-order valence-corrected chi connectivity index (χ1v) is 7.19. The fourth-order valence-corrected chi connectivity index (χ4v) is 3.28. The van der Waals surface area contributed by atoms with Crippen molar-refractivity contribution in [3.8, 4) is 5.69 Å². The van der Waals surface area contributed by atoms with E-state index in [1.54, 1.807) is 0 Å². The van der Waals surface area contributed by atoms with Crippen LogP contribution in [0.2, 0.25) is 5.02 Å². The monoisotopic (exact) mass is 274 g/mol. The lowest BCUT2D eigenvalue weighted by Crippen LogP contribution is -2.18. The number of aryl methyl sites for hydroxylation is 1. The summed E-state index contributed by atoms with van der Waals surface area (Å²) in [5, 5.41) is 0.819. The molecule has 3 heteroatoms. The van der Waals surface area contributed by atoms with Crippen LogP contribution >= 0.6 is 11.6 Å². The summed E-state index contributed by atoms with van der Waals surface area (Å²) in [6.45, 7) is 4.22. The smallest absolute Gasteiger partial charge is 0.0499 e. The first kappa shape index (κ1) is 12.8. The van der Waals surface area contributed by atoms with Crippen molar-refractivity contribution < 1.29 is 0 Å². The highest BCUT2D eigenvalue weighted by Gasteiger charge is 2.23. The van der Waals surface area contributed by atoms with Crippen molar-refractivity contribution in [3.63, 3.8) is 0 Å². The average Bonchev–Trinajstić information content (AvgIpc) is 2.71. The number of hydrogen-bond acceptors (Lipinski definition) is 1. The number of fused-ring (bicyclic) bond motifs is 1. The molecule has 19 heavy (non-hydrogen) atoms. The van der Waals surface area contributed by atoms with E-state index in [0.29, 0.717) is 0 Å². The van der Waals surface area contributed by atoms with Gasteiger partial charge in [0.05, 0.1) is 0 Å². The van der Waals surface area contributed by atoms with Crippen LogP contribution < -0.4 is 5.73 Å². The lowest BCUT2D eigenvalue weighted by molar-refractivity contribution is 0.559. The largest absolute Gasteiger partial charge is 0.324 e. The average molecular weight is 275 g/mol. The molecule has 1 aromatic heterocycles. The predicted molar refractivity (Wildman–Crippen MR) is 80.1 cm³/mol. The summed E-state index contributed by atoms with van der Waals surface area (Å²) in [5.41, 5.74) is 12.5. The van der Waals surface area contributed by atoms with E-state index in [1.165, 1.54) is 22.6 Å². The number of rotatable bonds is 1. The third-order valence-electron chi connectivity index (χ3n) is 4.13. The van der Waals surface area contributed by atoms with Gasteiger partial charge in [0, 0.05) is 28.1 Å². The van der Waals surface area contributed by atoms with Gasteiger partial charge in [-0.3, -0.25) is 0 Å². The Morgan fingerprint density at radius 3 is 2.89 bits per heavy atom. The van der Waals surface area contributed by atoms with Crippen LogP contribution in [-0.4, -0.2) is 4.57 Å². The zero-order valence-electron chi connectivity index (χ0n) is 11.4. The number of nitrogens with zero attached hydrogens (tertiary/aromatic N) is 1. The van der Waals surface area contributed by atoms with Gasteiger partial charge in [-0.15, -0.1) is 0 Å². The van der Waals surface area contributed by atoms with E-state index in [4.69, 9.17) is 17.3 Å². The Balaban J connectivity index is 2.23. The van der Waals surface area contributed by atoms with Gasteiger partial charge in [0.2, 0.25) is 0 Å². The minimum Gasteiger partial charge on any atom is -0.324 e. The molecule has 0 spiro atoms. The van der Waals surface area contributed by atoms with E-state index in [0.717, 1.165) is 29.8 Å². The molecule has 1 aliphatic carbocycles. The van der Waals surface area contributed by atoms with Crippen molar-refractivity contribution in [1.29, 1.82) is 0 Å². The first-order valence-electron chi connectivity index (χ1n) is 6.81. The molecule has 2 N–H and O–H groups in total. The molecule has 100 valence electrons. The maximum atomic E-state index is 6.26. The van der Waals surface area contributed by atoms with Crippen molar-refractivity contribution in [2.45, 2.75) is 39.2 Å². The quantitative estimate of drug-likeness (QED) is 0.834. The summed E-state index contributed by atoms with van der Waals surface area (Å²) in [6, 6.07) is 8.51. The van der Waals surface area contributed by atoms with Crippen LogP contribution in [0.1, 0.15) is 41.4 Å². The number of nitrogens with two attached hydrogens (primary N) is 1. The molecule has 2 aromatic rings. The Kier molecular flexibility index (Phi) is 3.15. The molecule has 0 aliphatic heterocycles. The zero-order chi connectivity index (χ0) is 13.6. The minimum absolute atomic E-state index is 0.184. The third-order valence-corrected chi connectivity index (χ3v) is 4.54. The molecule has 3 rings (SSSR count). The minimum atomic E-state index is 0.184. The standard InChI is InChI=1S/C16H19ClN2/c1-10-9-12-14(18)6-4-8-16(12)19(10)15-7-3-5-13(17)11(15)2/h3,5,7,9,14H,4,6,8,18H2,1-2H3. The normalized spacial score (nSPS) is 18.4. The Bertz CT molecular complexity index is 628. The highest BCUT2D eigenvalue weighted by molar-refractivity contribution is 6.31. The zero-order valence-corrected chi connectivity index (χ0v) is 12.2. The molecular weight excluding hydrogens is 256 g/mol. The molecule has 0 saturated carbocycles. The van der Waals surface area contributed by atoms with Crippen molar-refractivity contribution >= 4 is 11.6 Å². The molecule has 1 aromatic carbocycles. The molecule has 2 nitrogen and oxygen atoms in total. The van der Waals surface area contributed by atoms with Crippen LogP contribution in [0, 0.1) is 13.8 Å². The van der Waals surface area contributed by atoms with Gasteiger partial charge in [0.25, 0.3) is 0 Å². The van der Waals surface area contributed by atoms with Gasteiger partial charge in [-0.05, 0) is 62.4 Å². The topological polar surface area (TPSA) is 30.9 Å². The Hall–Kier alpha value is -1.25. The maximum Gasteiger partial charge on any atom is 0.0499 e. The fourth-order valence-electron chi connectivity index (χ4n) is 3.11. The van der Waals surface area contributed by atoms with Gasteiger partial charge >= 0.3 is 0 Å². The SMILES string of the molecule is Cc1c(Cl)cccc1-n1c(C)cc2c1CCCC2N. The summed E-state index contributed by atoms with van der Waals surface area (Å²) < 4.78 is 2.33. The van der Waals surface area contributed by atoms with Crippen molar-refractivity contribution in [2.75, 3.05) is 0 Å². The van der Waals surface area contributed by atoms with Gasteiger partial charge in [0.15, 0.2) is 0 Å². The number of halogens is 1. The van der Waals surface area contributed by atoms with E-state index in [1.807, 2.05) is 12.1 Å². The van der Waals surface area contributed by atoms with Crippen LogP contribution in [0.15, 0.2) is 24.3 Å². The fraction of sp³-hybridized carbons (Fsp3) is 0.375. The molecule has 0 fully saturated rings. The molecule has 1 aliphatic rings. The van der Waals surface area contributed by atoms with Crippen LogP contribution in [0.3, 0.4) is 0 Å². The van der Waals surface area contributed by atoms with E-state index in [2.05, 4.69) is 30.5 Å². The number of aromatic nitrogens is 1. The summed E-state index contributed by atoms with van der Waals surface area (Å²) >= 11 is 6.26.